The number of carbonyl (C=O) groups excluding carboxylic acids is 1. The molecule has 0 unspecified atom stereocenters. The molecule has 2 aromatic rings. The second kappa shape index (κ2) is 4.90. The molecule has 1 heterocycles. The number of benzene rings is 2. The Labute approximate surface area is 121 Å². The molecule has 2 aromatic carbocycles. The molecule has 0 saturated heterocycles. The first-order chi connectivity index (χ1) is 10.1. The van der Waals surface area contributed by atoms with Gasteiger partial charge in [-0.3, -0.25) is 14.9 Å². The van der Waals surface area contributed by atoms with Gasteiger partial charge in [0.15, 0.2) is 0 Å². The molecule has 21 heavy (non-hydrogen) atoms. The lowest BCUT2D eigenvalue weighted by Gasteiger charge is -2.36. The number of nitrogens with zero attached hydrogens (tertiary/aromatic N) is 2. The quantitative estimate of drug-likeness (QED) is 0.678. The van der Waals surface area contributed by atoms with Crippen LogP contribution in [0.2, 0.25) is 0 Å². The molecule has 0 aromatic heterocycles. The standard InChI is InChI=1S/C15H13N3O3/c1-17-12-8-4-3-7-11(12)15(19)16-14(17)10-6-2-5-9-13(10)18(20)21/h2-9,14H,1H3,(H,16,19)/t14-/m1/s1. The molecular weight excluding hydrogens is 270 g/mol. The van der Waals surface area contributed by atoms with Crippen molar-refractivity contribution in [2.75, 3.05) is 11.9 Å². The van der Waals surface area contributed by atoms with Gasteiger partial charge in [0.05, 0.1) is 21.7 Å². The van der Waals surface area contributed by atoms with Crippen LogP contribution in [0.4, 0.5) is 11.4 Å². The van der Waals surface area contributed by atoms with E-state index in [1.54, 1.807) is 37.4 Å². The molecule has 3 rings (SSSR count). The summed E-state index contributed by atoms with van der Waals surface area (Å²) in [6.45, 7) is 0. The summed E-state index contributed by atoms with van der Waals surface area (Å²) in [6, 6.07) is 13.6. The summed E-state index contributed by atoms with van der Waals surface area (Å²) in [7, 11) is 1.81. The van der Waals surface area contributed by atoms with E-state index in [9.17, 15) is 14.9 Å². The largest absolute Gasteiger partial charge is 0.350 e. The van der Waals surface area contributed by atoms with Crippen LogP contribution in [0.1, 0.15) is 22.1 Å². The van der Waals surface area contributed by atoms with Gasteiger partial charge < -0.3 is 10.2 Å². The SMILES string of the molecule is CN1c2ccccc2C(=O)N[C@H]1c1ccccc1[N+](=O)[O-]. The van der Waals surface area contributed by atoms with Crippen molar-refractivity contribution in [3.63, 3.8) is 0 Å². The first kappa shape index (κ1) is 13.1. The molecule has 1 aliphatic heterocycles. The number of para-hydroxylation sites is 2. The molecule has 1 amide bonds. The zero-order chi connectivity index (χ0) is 15.0. The Bertz CT molecular complexity index is 730. The van der Waals surface area contributed by atoms with Crippen LogP contribution < -0.4 is 10.2 Å². The van der Waals surface area contributed by atoms with Crippen molar-refractivity contribution >= 4 is 17.3 Å². The van der Waals surface area contributed by atoms with Crippen LogP contribution >= 0.6 is 0 Å². The molecule has 0 bridgehead atoms. The van der Waals surface area contributed by atoms with Crippen LogP contribution in [0, 0.1) is 10.1 Å². The van der Waals surface area contributed by atoms with Crippen molar-refractivity contribution in [3.05, 3.63) is 69.8 Å². The monoisotopic (exact) mass is 283 g/mol. The fourth-order valence-corrected chi connectivity index (χ4v) is 2.58. The summed E-state index contributed by atoms with van der Waals surface area (Å²) in [5.74, 6) is -0.230. The molecule has 1 atom stereocenters. The number of hydrogen-bond donors (Lipinski definition) is 1. The minimum absolute atomic E-state index is 0.00553. The molecule has 1 aliphatic rings. The van der Waals surface area contributed by atoms with Crippen molar-refractivity contribution < 1.29 is 9.72 Å². The Morgan fingerprint density at radius 3 is 2.57 bits per heavy atom. The van der Waals surface area contributed by atoms with Crippen LogP contribution in [0.25, 0.3) is 0 Å². The summed E-state index contributed by atoms with van der Waals surface area (Å²) in [4.78, 5) is 24.8. The molecule has 0 spiro atoms. The Morgan fingerprint density at radius 1 is 1.14 bits per heavy atom. The minimum atomic E-state index is -0.561. The highest BCUT2D eigenvalue weighted by molar-refractivity contribution is 6.02. The van der Waals surface area contributed by atoms with Gasteiger partial charge in [-0.1, -0.05) is 24.3 Å². The highest BCUT2D eigenvalue weighted by Gasteiger charge is 2.32. The third kappa shape index (κ3) is 2.10. The first-order valence-corrected chi connectivity index (χ1v) is 6.45. The summed E-state index contributed by atoms with van der Waals surface area (Å²) in [5, 5.41) is 14.0. The molecule has 6 heteroatoms. The molecule has 1 N–H and O–H groups in total. The predicted octanol–water partition coefficient (Wildman–Crippen LogP) is 2.47. The van der Waals surface area contributed by atoms with E-state index >= 15 is 0 Å². The van der Waals surface area contributed by atoms with Crippen molar-refractivity contribution in [2.24, 2.45) is 0 Å². The van der Waals surface area contributed by atoms with Gasteiger partial charge in [0.1, 0.15) is 6.17 Å². The first-order valence-electron chi connectivity index (χ1n) is 6.45. The zero-order valence-corrected chi connectivity index (χ0v) is 11.3. The third-order valence-electron chi connectivity index (χ3n) is 3.61. The molecule has 0 fully saturated rings. The lowest BCUT2D eigenvalue weighted by Crippen LogP contribution is -2.44. The van der Waals surface area contributed by atoms with Gasteiger partial charge in [0.25, 0.3) is 11.6 Å². The lowest BCUT2D eigenvalue weighted by atomic mass is 10.0. The topological polar surface area (TPSA) is 75.5 Å². The molecule has 106 valence electrons. The third-order valence-corrected chi connectivity index (χ3v) is 3.61. The number of nitrogens with one attached hydrogen (secondary N) is 1. The van der Waals surface area contributed by atoms with Gasteiger partial charge in [-0.25, -0.2) is 0 Å². The fraction of sp³-hybridized carbons (Fsp3) is 0.133. The van der Waals surface area contributed by atoms with Crippen LogP contribution in [-0.2, 0) is 0 Å². The summed E-state index contributed by atoms with van der Waals surface area (Å²) in [6.07, 6.45) is -0.561. The molecule has 6 nitrogen and oxygen atoms in total. The van der Waals surface area contributed by atoms with E-state index in [0.717, 1.165) is 5.69 Å². The van der Waals surface area contributed by atoms with E-state index < -0.39 is 11.1 Å². The van der Waals surface area contributed by atoms with Crippen LogP contribution in [0.3, 0.4) is 0 Å². The number of amides is 1. The van der Waals surface area contributed by atoms with Crippen LogP contribution in [0.15, 0.2) is 48.5 Å². The molecule has 0 aliphatic carbocycles. The number of carbonyl (C=O) groups is 1. The number of rotatable bonds is 2. The van der Waals surface area contributed by atoms with Gasteiger partial charge in [-0.15, -0.1) is 0 Å². The highest BCUT2D eigenvalue weighted by Crippen LogP contribution is 2.34. The highest BCUT2D eigenvalue weighted by atomic mass is 16.6. The number of fused-ring (bicyclic) bond motifs is 1. The molecular formula is C15H13N3O3. The Morgan fingerprint density at radius 2 is 1.81 bits per heavy atom. The van der Waals surface area contributed by atoms with Gasteiger partial charge in [-0.2, -0.15) is 0 Å². The van der Waals surface area contributed by atoms with Gasteiger partial charge in [0.2, 0.25) is 0 Å². The average Bonchev–Trinajstić information content (AvgIpc) is 2.51. The van der Waals surface area contributed by atoms with Crippen LogP contribution in [-0.4, -0.2) is 17.9 Å². The van der Waals surface area contributed by atoms with E-state index in [0.29, 0.717) is 11.1 Å². The summed E-state index contributed by atoms with van der Waals surface area (Å²) in [5.41, 5.74) is 1.78. The number of nitro groups is 1. The van der Waals surface area contributed by atoms with Crippen molar-refractivity contribution in [1.29, 1.82) is 0 Å². The Kier molecular flexibility index (Phi) is 3.06. The van der Waals surface area contributed by atoms with Crippen molar-refractivity contribution in [3.8, 4) is 0 Å². The predicted molar refractivity (Wildman–Crippen MR) is 78.1 cm³/mol. The van der Waals surface area contributed by atoms with E-state index in [1.165, 1.54) is 6.07 Å². The maximum atomic E-state index is 12.2. The van der Waals surface area contributed by atoms with Gasteiger partial charge in [0, 0.05) is 13.1 Å². The maximum absolute atomic E-state index is 12.2. The second-order valence-electron chi connectivity index (χ2n) is 4.82. The lowest BCUT2D eigenvalue weighted by molar-refractivity contribution is -0.385. The van der Waals surface area contributed by atoms with Crippen molar-refractivity contribution in [1.82, 2.24) is 5.32 Å². The van der Waals surface area contributed by atoms with E-state index in [-0.39, 0.29) is 11.6 Å². The Hall–Kier alpha value is -2.89. The normalized spacial score (nSPS) is 17.1. The summed E-state index contributed by atoms with van der Waals surface area (Å²) >= 11 is 0. The second-order valence-corrected chi connectivity index (χ2v) is 4.82. The minimum Gasteiger partial charge on any atom is -0.350 e. The van der Waals surface area contributed by atoms with Crippen molar-refractivity contribution in [2.45, 2.75) is 6.17 Å². The van der Waals surface area contributed by atoms with Crippen LogP contribution in [0.5, 0.6) is 0 Å². The van der Waals surface area contributed by atoms with E-state index in [4.69, 9.17) is 0 Å². The Balaban J connectivity index is 2.10. The molecule has 0 radical (unpaired) electrons. The zero-order valence-electron chi connectivity index (χ0n) is 11.3. The number of hydrogen-bond acceptors (Lipinski definition) is 4. The number of anilines is 1. The number of nitro benzene ring substituents is 1. The fourth-order valence-electron chi connectivity index (χ4n) is 2.58. The van der Waals surface area contributed by atoms with E-state index in [1.807, 2.05) is 17.0 Å². The molecule has 0 saturated carbocycles. The van der Waals surface area contributed by atoms with E-state index in [2.05, 4.69) is 5.32 Å². The summed E-state index contributed by atoms with van der Waals surface area (Å²) < 4.78 is 0. The maximum Gasteiger partial charge on any atom is 0.276 e. The van der Waals surface area contributed by atoms with Gasteiger partial charge in [-0.05, 0) is 18.2 Å². The smallest absolute Gasteiger partial charge is 0.276 e. The van der Waals surface area contributed by atoms with Gasteiger partial charge >= 0.3 is 0 Å². The average molecular weight is 283 g/mol.